The first kappa shape index (κ1) is 15.5. The Balaban J connectivity index is 2.19. The van der Waals surface area contributed by atoms with Crippen molar-refractivity contribution < 1.29 is 4.74 Å². The standard InChI is InChI=1S/C17H28N2O/c1-4-19(12-15-9-7-11-20-15)17(14(3)18)16-10-6-5-8-13(16)2/h5-6,8,10,14-15,17H,4,7,9,11-12,18H2,1-3H3. The smallest absolute Gasteiger partial charge is 0.0703 e. The number of hydrogen-bond donors (Lipinski definition) is 1. The Morgan fingerprint density at radius 2 is 2.15 bits per heavy atom. The molecule has 2 N–H and O–H groups in total. The SMILES string of the molecule is CCN(CC1CCCO1)C(c1ccccc1C)C(C)N. The van der Waals surface area contributed by atoms with Crippen LogP contribution < -0.4 is 5.73 Å². The summed E-state index contributed by atoms with van der Waals surface area (Å²) in [6.45, 7) is 9.38. The van der Waals surface area contributed by atoms with Gasteiger partial charge in [0, 0.05) is 25.2 Å². The van der Waals surface area contributed by atoms with Gasteiger partial charge in [-0.1, -0.05) is 31.2 Å². The zero-order valence-electron chi connectivity index (χ0n) is 13.0. The van der Waals surface area contributed by atoms with Crippen LogP contribution in [0.25, 0.3) is 0 Å². The van der Waals surface area contributed by atoms with Crippen LogP contribution in [0.1, 0.15) is 43.9 Å². The number of hydrogen-bond acceptors (Lipinski definition) is 3. The molecule has 0 bridgehead atoms. The summed E-state index contributed by atoms with van der Waals surface area (Å²) in [6.07, 6.45) is 2.74. The molecule has 0 amide bonds. The highest BCUT2D eigenvalue weighted by Crippen LogP contribution is 2.27. The summed E-state index contributed by atoms with van der Waals surface area (Å²) in [6, 6.07) is 8.96. The summed E-state index contributed by atoms with van der Waals surface area (Å²) in [5.41, 5.74) is 8.98. The molecule has 1 heterocycles. The zero-order chi connectivity index (χ0) is 14.5. The number of benzene rings is 1. The Bertz CT molecular complexity index is 413. The topological polar surface area (TPSA) is 38.5 Å². The van der Waals surface area contributed by atoms with Crippen molar-refractivity contribution in [1.82, 2.24) is 4.90 Å². The van der Waals surface area contributed by atoms with E-state index in [4.69, 9.17) is 10.5 Å². The molecule has 20 heavy (non-hydrogen) atoms. The van der Waals surface area contributed by atoms with Crippen LogP contribution in [0.2, 0.25) is 0 Å². The minimum Gasteiger partial charge on any atom is -0.377 e. The predicted octanol–water partition coefficient (Wildman–Crippen LogP) is 2.88. The maximum Gasteiger partial charge on any atom is 0.0703 e. The Morgan fingerprint density at radius 1 is 1.40 bits per heavy atom. The molecule has 1 saturated heterocycles. The highest BCUT2D eigenvalue weighted by Gasteiger charge is 2.27. The maximum absolute atomic E-state index is 6.31. The number of nitrogens with two attached hydrogens (primary N) is 1. The third-order valence-electron chi connectivity index (χ3n) is 4.27. The summed E-state index contributed by atoms with van der Waals surface area (Å²) >= 11 is 0. The van der Waals surface area contributed by atoms with Gasteiger partial charge in [-0.15, -0.1) is 0 Å². The maximum atomic E-state index is 6.31. The van der Waals surface area contributed by atoms with Gasteiger partial charge in [0.2, 0.25) is 0 Å². The predicted molar refractivity (Wildman–Crippen MR) is 83.8 cm³/mol. The second-order valence-corrected chi connectivity index (χ2v) is 5.88. The second-order valence-electron chi connectivity index (χ2n) is 5.88. The molecule has 0 radical (unpaired) electrons. The van der Waals surface area contributed by atoms with Gasteiger partial charge in [0.25, 0.3) is 0 Å². The van der Waals surface area contributed by atoms with E-state index in [9.17, 15) is 0 Å². The van der Waals surface area contributed by atoms with Crippen LogP contribution in [0.5, 0.6) is 0 Å². The number of ether oxygens (including phenoxy) is 1. The summed E-state index contributed by atoms with van der Waals surface area (Å²) in [5.74, 6) is 0. The fourth-order valence-corrected chi connectivity index (χ4v) is 3.22. The average Bonchev–Trinajstić information content (AvgIpc) is 2.92. The van der Waals surface area contributed by atoms with E-state index >= 15 is 0 Å². The third kappa shape index (κ3) is 3.60. The van der Waals surface area contributed by atoms with E-state index < -0.39 is 0 Å². The van der Waals surface area contributed by atoms with Crippen LogP contribution in [-0.4, -0.2) is 36.7 Å². The Labute approximate surface area is 123 Å². The van der Waals surface area contributed by atoms with Gasteiger partial charge in [-0.05, 0) is 44.4 Å². The van der Waals surface area contributed by atoms with E-state index in [1.165, 1.54) is 24.0 Å². The van der Waals surface area contributed by atoms with Crippen LogP contribution >= 0.6 is 0 Å². The second kappa shape index (κ2) is 7.21. The number of rotatable bonds is 6. The van der Waals surface area contributed by atoms with Crippen LogP contribution in [0, 0.1) is 6.92 Å². The zero-order valence-corrected chi connectivity index (χ0v) is 13.0. The van der Waals surface area contributed by atoms with E-state index in [1.54, 1.807) is 0 Å². The van der Waals surface area contributed by atoms with Crippen molar-refractivity contribution in [3.8, 4) is 0 Å². The monoisotopic (exact) mass is 276 g/mol. The molecule has 3 unspecified atom stereocenters. The van der Waals surface area contributed by atoms with E-state index in [0.717, 1.165) is 19.7 Å². The first-order chi connectivity index (χ1) is 9.63. The van der Waals surface area contributed by atoms with Crippen molar-refractivity contribution in [2.24, 2.45) is 5.73 Å². The van der Waals surface area contributed by atoms with Crippen LogP contribution in [-0.2, 0) is 4.74 Å². The molecule has 0 aliphatic carbocycles. The molecule has 2 rings (SSSR count). The van der Waals surface area contributed by atoms with Gasteiger partial charge in [-0.25, -0.2) is 0 Å². The first-order valence-electron chi connectivity index (χ1n) is 7.80. The van der Waals surface area contributed by atoms with Gasteiger partial charge in [-0.3, -0.25) is 4.90 Å². The van der Waals surface area contributed by atoms with Crippen molar-refractivity contribution in [2.45, 2.75) is 51.8 Å². The molecular formula is C17H28N2O. The van der Waals surface area contributed by atoms with E-state index in [-0.39, 0.29) is 12.1 Å². The van der Waals surface area contributed by atoms with Gasteiger partial charge >= 0.3 is 0 Å². The van der Waals surface area contributed by atoms with E-state index in [1.807, 2.05) is 0 Å². The molecule has 0 saturated carbocycles. The summed E-state index contributed by atoms with van der Waals surface area (Å²) in [7, 11) is 0. The van der Waals surface area contributed by atoms with Crippen molar-refractivity contribution in [3.63, 3.8) is 0 Å². The molecule has 3 nitrogen and oxygen atoms in total. The van der Waals surface area contributed by atoms with Gasteiger partial charge in [0.1, 0.15) is 0 Å². The summed E-state index contributed by atoms with van der Waals surface area (Å²) in [4.78, 5) is 2.48. The molecule has 1 aromatic carbocycles. The molecule has 0 spiro atoms. The van der Waals surface area contributed by atoms with Gasteiger partial charge < -0.3 is 10.5 Å². The minimum absolute atomic E-state index is 0.109. The van der Waals surface area contributed by atoms with E-state index in [2.05, 4.69) is 49.9 Å². The van der Waals surface area contributed by atoms with Crippen LogP contribution in [0.4, 0.5) is 0 Å². The Hall–Kier alpha value is -0.900. The van der Waals surface area contributed by atoms with Crippen LogP contribution in [0.3, 0.4) is 0 Å². The normalized spacial score (nSPS) is 22.1. The molecular weight excluding hydrogens is 248 g/mol. The lowest BCUT2D eigenvalue weighted by Crippen LogP contribution is -2.43. The molecule has 3 atom stereocenters. The number of nitrogens with zero attached hydrogens (tertiary/aromatic N) is 1. The van der Waals surface area contributed by atoms with Gasteiger partial charge in [0.15, 0.2) is 0 Å². The molecule has 1 aromatic rings. The average molecular weight is 276 g/mol. The van der Waals surface area contributed by atoms with Gasteiger partial charge in [0.05, 0.1) is 6.10 Å². The third-order valence-corrected chi connectivity index (χ3v) is 4.27. The Morgan fingerprint density at radius 3 is 2.70 bits per heavy atom. The fourth-order valence-electron chi connectivity index (χ4n) is 3.22. The summed E-state index contributed by atoms with van der Waals surface area (Å²) in [5, 5.41) is 0. The van der Waals surface area contributed by atoms with Crippen LogP contribution in [0.15, 0.2) is 24.3 Å². The largest absolute Gasteiger partial charge is 0.377 e. The fraction of sp³-hybridized carbons (Fsp3) is 0.647. The minimum atomic E-state index is 0.109. The number of aryl methyl sites for hydroxylation is 1. The summed E-state index contributed by atoms with van der Waals surface area (Å²) < 4.78 is 5.80. The lowest BCUT2D eigenvalue weighted by atomic mass is 9.94. The quantitative estimate of drug-likeness (QED) is 0.868. The lowest BCUT2D eigenvalue weighted by molar-refractivity contribution is 0.0545. The van der Waals surface area contributed by atoms with Crippen molar-refractivity contribution >= 4 is 0 Å². The van der Waals surface area contributed by atoms with Gasteiger partial charge in [-0.2, -0.15) is 0 Å². The van der Waals surface area contributed by atoms with Crippen molar-refractivity contribution in [1.29, 1.82) is 0 Å². The Kier molecular flexibility index (Phi) is 5.58. The molecule has 1 aliphatic rings. The highest BCUT2D eigenvalue weighted by molar-refractivity contribution is 5.29. The molecule has 0 aromatic heterocycles. The number of likely N-dealkylation sites (N-methyl/N-ethyl adjacent to an activating group) is 1. The first-order valence-corrected chi connectivity index (χ1v) is 7.80. The van der Waals surface area contributed by atoms with E-state index in [0.29, 0.717) is 6.10 Å². The molecule has 1 aliphatic heterocycles. The van der Waals surface area contributed by atoms with Crippen molar-refractivity contribution in [3.05, 3.63) is 35.4 Å². The molecule has 112 valence electrons. The highest BCUT2D eigenvalue weighted by atomic mass is 16.5. The molecule has 1 fully saturated rings. The molecule has 3 heteroatoms. The van der Waals surface area contributed by atoms with Crippen molar-refractivity contribution in [2.75, 3.05) is 19.7 Å². The lowest BCUT2D eigenvalue weighted by Gasteiger charge is -2.36.